The van der Waals surface area contributed by atoms with Crippen LogP contribution in [0, 0.1) is 0 Å². The molecule has 1 aliphatic heterocycles. The van der Waals surface area contributed by atoms with E-state index in [1.165, 1.54) is 0 Å². The average molecular weight is 357 g/mol. The van der Waals surface area contributed by atoms with Crippen LogP contribution in [0.15, 0.2) is 23.3 Å². The summed E-state index contributed by atoms with van der Waals surface area (Å²) < 4.78 is 33.1. The van der Waals surface area contributed by atoms with E-state index in [1.807, 2.05) is 6.07 Å². The van der Waals surface area contributed by atoms with Gasteiger partial charge in [0.25, 0.3) is 0 Å². The summed E-state index contributed by atoms with van der Waals surface area (Å²) in [7, 11) is 0.198. The molecule has 23 heavy (non-hydrogen) atoms. The molecule has 0 spiro atoms. The van der Waals surface area contributed by atoms with Crippen molar-refractivity contribution in [2.45, 2.75) is 12.5 Å². The third-order valence-electron chi connectivity index (χ3n) is 3.35. The number of benzene rings is 1. The van der Waals surface area contributed by atoms with Crippen LogP contribution in [-0.2, 0) is 9.84 Å². The Morgan fingerprint density at radius 3 is 2.70 bits per heavy atom. The largest absolute Gasteiger partial charge is 0.493 e. The summed E-state index contributed by atoms with van der Waals surface area (Å²) >= 11 is 5.09. The van der Waals surface area contributed by atoms with Gasteiger partial charge in [0.15, 0.2) is 26.4 Å². The first-order valence-electron chi connectivity index (χ1n) is 6.95. The third kappa shape index (κ3) is 5.07. The summed E-state index contributed by atoms with van der Waals surface area (Å²) in [6.45, 7) is 0. The molecule has 0 aliphatic carbocycles. The first-order valence-corrected chi connectivity index (χ1v) is 9.18. The standard InChI is InChI=1S/C14H19N3O4S2/c1-20-12-4-3-10(7-13(12)21-2)8-15-17-14(22)16-11-5-6-23(18,19)9-11/h3-4,7-8,11H,5-6,9H2,1-2H3,(H2,16,17,22)/b15-8-/t11-/m1/s1. The minimum absolute atomic E-state index is 0.105. The molecule has 1 aromatic rings. The van der Waals surface area contributed by atoms with Crippen LogP contribution in [0.4, 0.5) is 0 Å². The predicted molar refractivity (Wildman–Crippen MR) is 93.1 cm³/mol. The van der Waals surface area contributed by atoms with Crippen molar-refractivity contribution in [1.29, 1.82) is 0 Å². The first-order chi connectivity index (χ1) is 10.9. The second-order valence-electron chi connectivity index (χ2n) is 5.06. The Morgan fingerprint density at radius 1 is 1.35 bits per heavy atom. The molecule has 1 aliphatic rings. The van der Waals surface area contributed by atoms with Crippen molar-refractivity contribution in [3.63, 3.8) is 0 Å². The highest BCUT2D eigenvalue weighted by molar-refractivity contribution is 7.91. The first kappa shape index (κ1) is 17.5. The number of hydrogen-bond donors (Lipinski definition) is 2. The Balaban J connectivity index is 1.87. The zero-order valence-electron chi connectivity index (χ0n) is 12.9. The molecule has 0 bridgehead atoms. The van der Waals surface area contributed by atoms with Crippen LogP contribution < -0.4 is 20.2 Å². The number of ether oxygens (including phenoxy) is 2. The molecule has 9 heteroatoms. The van der Waals surface area contributed by atoms with E-state index in [4.69, 9.17) is 21.7 Å². The predicted octanol–water partition coefficient (Wildman–Crippen LogP) is 0.689. The second kappa shape index (κ2) is 7.60. The molecule has 1 aromatic carbocycles. The number of rotatable bonds is 5. The Labute approximate surface area is 141 Å². The number of hydrogen-bond acceptors (Lipinski definition) is 6. The average Bonchev–Trinajstić information content (AvgIpc) is 2.85. The molecule has 0 saturated carbocycles. The van der Waals surface area contributed by atoms with Crippen LogP contribution in [0.25, 0.3) is 0 Å². The number of hydrazone groups is 1. The Bertz CT molecular complexity index is 704. The van der Waals surface area contributed by atoms with Crippen molar-refractivity contribution in [1.82, 2.24) is 10.7 Å². The normalized spacial score (nSPS) is 19.5. The summed E-state index contributed by atoms with van der Waals surface area (Å²) in [4.78, 5) is 0. The summed E-state index contributed by atoms with van der Waals surface area (Å²) in [6, 6.07) is 5.23. The molecule has 1 heterocycles. The third-order valence-corrected chi connectivity index (χ3v) is 5.33. The van der Waals surface area contributed by atoms with Crippen molar-refractivity contribution >= 4 is 33.4 Å². The topological polar surface area (TPSA) is 89.0 Å². The lowest BCUT2D eigenvalue weighted by molar-refractivity contribution is 0.355. The Morgan fingerprint density at radius 2 is 2.09 bits per heavy atom. The molecule has 0 amide bonds. The SMILES string of the molecule is COc1ccc(/C=N\NC(=S)N[C@@H]2CCS(=O)(=O)C2)cc1OC. The fourth-order valence-electron chi connectivity index (χ4n) is 2.23. The van der Waals surface area contributed by atoms with Gasteiger partial charge < -0.3 is 14.8 Å². The summed E-state index contributed by atoms with van der Waals surface area (Å²) in [6.07, 6.45) is 2.14. The highest BCUT2D eigenvalue weighted by Crippen LogP contribution is 2.26. The van der Waals surface area contributed by atoms with Crippen LogP contribution >= 0.6 is 12.2 Å². The Hall–Kier alpha value is -1.87. The van der Waals surface area contributed by atoms with Crippen molar-refractivity contribution in [3.05, 3.63) is 23.8 Å². The molecule has 0 radical (unpaired) electrons. The second-order valence-corrected chi connectivity index (χ2v) is 7.69. The van der Waals surface area contributed by atoms with E-state index >= 15 is 0 Å². The lowest BCUT2D eigenvalue weighted by atomic mass is 10.2. The van der Waals surface area contributed by atoms with Gasteiger partial charge in [-0.3, -0.25) is 5.43 Å². The molecular weight excluding hydrogens is 338 g/mol. The number of nitrogens with one attached hydrogen (secondary N) is 2. The van der Waals surface area contributed by atoms with Gasteiger partial charge in [-0.05, 0) is 42.4 Å². The van der Waals surface area contributed by atoms with Crippen LogP contribution in [0.2, 0.25) is 0 Å². The molecule has 1 saturated heterocycles. The van der Waals surface area contributed by atoms with Crippen molar-refractivity contribution in [2.24, 2.45) is 5.10 Å². The van der Waals surface area contributed by atoms with Crippen molar-refractivity contribution in [2.75, 3.05) is 25.7 Å². The highest BCUT2D eigenvalue weighted by atomic mass is 32.2. The van der Waals surface area contributed by atoms with E-state index in [2.05, 4.69) is 15.8 Å². The van der Waals surface area contributed by atoms with Gasteiger partial charge >= 0.3 is 0 Å². The van der Waals surface area contributed by atoms with Gasteiger partial charge in [-0.1, -0.05) is 0 Å². The van der Waals surface area contributed by atoms with Gasteiger partial charge in [0.05, 0.1) is 31.9 Å². The van der Waals surface area contributed by atoms with E-state index in [0.29, 0.717) is 23.0 Å². The maximum Gasteiger partial charge on any atom is 0.187 e. The lowest BCUT2D eigenvalue weighted by Gasteiger charge is -2.12. The molecule has 0 aromatic heterocycles. The molecule has 2 rings (SSSR count). The van der Waals surface area contributed by atoms with E-state index in [0.717, 1.165) is 5.56 Å². The summed E-state index contributed by atoms with van der Waals surface area (Å²) in [5.74, 6) is 1.54. The number of nitrogens with zero attached hydrogens (tertiary/aromatic N) is 1. The quantitative estimate of drug-likeness (QED) is 0.455. The van der Waals surface area contributed by atoms with Crippen LogP contribution in [0.5, 0.6) is 11.5 Å². The highest BCUT2D eigenvalue weighted by Gasteiger charge is 2.28. The molecule has 1 atom stereocenters. The smallest absolute Gasteiger partial charge is 0.187 e. The van der Waals surface area contributed by atoms with Crippen LogP contribution in [0.3, 0.4) is 0 Å². The molecular formula is C14H19N3O4S2. The maximum absolute atomic E-state index is 11.4. The minimum Gasteiger partial charge on any atom is -0.493 e. The zero-order chi connectivity index (χ0) is 16.9. The van der Waals surface area contributed by atoms with Crippen molar-refractivity contribution in [3.8, 4) is 11.5 Å². The molecule has 7 nitrogen and oxygen atoms in total. The van der Waals surface area contributed by atoms with E-state index in [1.54, 1.807) is 32.6 Å². The zero-order valence-corrected chi connectivity index (χ0v) is 14.5. The van der Waals surface area contributed by atoms with Gasteiger partial charge in [-0.15, -0.1) is 0 Å². The molecule has 1 fully saturated rings. The van der Waals surface area contributed by atoms with Gasteiger partial charge in [0.2, 0.25) is 0 Å². The molecule has 126 valence electrons. The number of sulfone groups is 1. The summed E-state index contributed by atoms with van der Waals surface area (Å²) in [5, 5.41) is 7.27. The van der Waals surface area contributed by atoms with Gasteiger partial charge in [-0.2, -0.15) is 5.10 Å². The van der Waals surface area contributed by atoms with Crippen LogP contribution in [-0.4, -0.2) is 51.5 Å². The fraction of sp³-hybridized carbons (Fsp3) is 0.429. The summed E-state index contributed by atoms with van der Waals surface area (Å²) in [5.41, 5.74) is 3.48. The van der Waals surface area contributed by atoms with Crippen LogP contribution in [0.1, 0.15) is 12.0 Å². The molecule has 2 N–H and O–H groups in total. The fourth-order valence-corrected chi connectivity index (χ4v) is 4.12. The number of methoxy groups -OCH3 is 2. The van der Waals surface area contributed by atoms with E-state index in [9.17, 15) is 8.42 Å². The minimum atomic E-state index is -2.93. The van der Waals surface area contributed by atoms with Crippen molar-refractivity contribution < 1.29 is 17.9 Å². The van der Waals surface area contributed by atoms with Gasteiger partial charge in [-0.25, -0.2) is 8.42 Å². The lowest BCUT2D eigenvalue weighted by Crippen LogP contribution is -2.40. The van der Waals surface area contributed by atoms with E-state index in [-0.39, 0.29) is 17.5 Å². The maximum atomic E-state index is 11.4. The monoisotopic (exact) mass is 357 g/mol. The van der Waals surface area contributed by atoms with E-state index < -0.39 is 9.84 Å². The van der Waals surface area contributed by atoms with Gasteiger partial charge in [0.1, 0.15) is 0 Å². The van der Waals surface area contributed by atoms with Gasteiger partial charge in [0, 0.05) is 6.04 Å². The number of thiocarbonyl (C=S) groups is 1. The Kier molecular flexibility index (Phi) is 5.78. The molecule has 0 unspecified atom stereocenters.